The largest absolute Gasteiger partial charge is 0.356 e. The van der Waals surface area contributed by atoms with E-state index in [1.54, 1.807) is 0 Å². The highest BCUT2D eigenvalue weighted by atomic mass is 16.1. The molecular weight excluding hydrogens is 224 g/mol. The van der Waals surface area contributed by atoms with Gasteiger partial charge in [-0.05, 0) is 50.1 Å². The van der Waals surface area contributed by atoms with Crippen molar-refractivity contribution in [1.82, 2.24) is 10.6 Å². The summed E-state index contributed by atoms with van der Waals surface area (Å²) in [6, 6.07) is 0. The van der Waals surface area contributed by atoms with Crippen molar-refractivity contribution < 1.29 is 4.79 Å². The van der Waals surface area contributed by atoms with E-state index in [4.69, 9.17) is 0 Å². The van der Waals surface area contributed by atoms with E-state index in [1.807, 2.05) is 0 Å². The van der Waals surface area contributed by atoms with Gasteiger partial charge in [0.05, 0.1) is 0 Å². The van der Waals surface area contributed by atoms with Crippen LogP contribution in [-0.2, 0) is 4.79 Å². The van der Waals surface area contributed by atoms with Crippen LogP contribution >= 0.6 is 0 Å². The first kappa shape index (κ1) is 13.9. The molecule has 0 aromatic carbocycles. The summed E-state index contributed by atoms with van der Waals surface area (Å²) in [7, 11) is 0. The molecule has 0 spiro atoms. The van der Waals surface area contributed by atoms with E-state index in [9.17, 15) is 4.79 Å². The molecule has 1 aliphatic carbocycles. The van der Waals surface area contributed by atoms with Crippen molar-refractivity contribution in [3.63, 3.8) is 0 Å². The maximum atomic E-state index is 12.0. The summed E-state index contributed by atoms with van der Waals surface area (Å²) in [5, 5.41) is 6.55. The van der Waals surface area contributed by atoms with Crippen molar-refractivity contribution in [2.24, 2.45) is 11.3 Å². The Morgan fingerprint density at radius 3 is 2.72 bits per heavy atom. The number of hydrogen-bond donors (Lipinski definition) is 2. The number of carbonyl (C=O) groups is 1. The van der Waals surface area contributed by atoms with Crippen LogP contribution in [0.4, 0.5) is 0 Å². The molecule has 1 aliphatic heterocycles. The first-order valence-electron chi connectivity index (χ1n) is 7.65. The fourth-order valence-corrected chi connectivity index (χ4v) is 3.33. The molecule has 3 heteroatoms. The lowest BCUT2D eigenvalue weighted by molar-refractivity contribution is -0.122. The molecule has 2 N–H and O–H groups in total. The van der Waals surface area contributed by atoms with Crippen LogP contribution in [0.5, 0.6) is 0 Å². The molecule has 0 aromatic rings. The zero-order valence-corrected chi connectivity index (χ0v) is 11.8. The minimum absolute atomic E-state index is 0.260. The van der Waals surface area contributed by atoms with Gasteiger partial charge in [-0.25, -0.2) is 0 Å². The molecule has 1 amide bonds. The summed E-state index contributed by atoms with van der Waals surface area (Å²) in [6.45, 7) is 5.35. The number of hydrogen-bond acceptors (Lipinski definition) is 2. The van der Waals surface area contributed by atoms with E-state index in [0.717, 1.165) is 19.6 Å². The molecule has 0 radical (unpaired) electrons. The Hall–Kier alpha value is -0.570. The van der Waals surface area contributed by atoms with Gasteiger partial charge in [-0.3, -0.25) is 4.79 Å². The number of rotatable bonds is 4. The number of piperidine rings is 1. The second-order valence-corrected chi connectivity index (χ2v) is 6.56. The average molecular weight is 252 g/mol. The topological polar surface area (TPSA) is 41.1 Å². The highest BCUT2D eigenvalue weighted by Crippen LogP contribution is 2.34. The van der Waals surface area contributed by atoms with Gasteiger partial charge in [0, 0.05) is 13.0 Å². The van der Waals surface area contributed by atoms with Gasteiger partial charge in [0.2, 0.25) is 5.91 Å². The van der Waals surface area contributed by atoms with Crippen LogP contribution in [0.1, 0.15) is 58.3 Å². The highest BCUT2D eigenvalue weighted by Gasteiger charge is 2.27. The Morgan fingerprint density at radius 1 is 1.28 bits per heavy atom. The van der Waals surface area contributed by atoms with Gasteiger partial charge in [0.25, 0.3) is 0 Å². The third-order valence-electron chi connectivity index (χ3n) is 4.65. The van der Waals surface area contributed by atoms with Crippen LogP contribution in [0, 0.1) is 11.3 Å². The molecule has 1 saturated carbocycles. The first-order valence-corrected chi connectivity index (χ1v) is 7.65. The summed E-state index contributed by atoms with van der Waals surface area (Å²) >= 11 is 0. The van der Waals surface area contributed by atoms with Gasteiger partial charge in [0.15, 0.2) is 0 Å². The number of nitrogens with one attached hydrogen (secondary N) is 2. The quantitative estimate of drug-likeness (QED) is 0.807. The van der Waals surface area contributed by atoms with Gasteiger partial charge in [-0.15, -0.1) is 0 Å². The number of amides is 1. The van der Waals surface area contributed by atoms with Gasteiger partial charge < -0.3 is 10.6 Å². The average Bonchev–Trinajstić information content (AvgIpc) is 2.39. The van der Waals surface area contributed by atoms with Crippen molar-refractivity contribution in [2.75, 3.05) is 19.6 Å². The van der Waals surface area contributed by atoms with E-state index < -0.39 is 0 Å². The molecule has 2 rings (SSSR count). The lowest BCUT2D eigenvalue weighted by atomic mass is 9.75. The molecule has 3 nitrogen and oxygen atoms in total. The summed E-state index contributed by atoms with van der Waals surface area (Å²) in [4.78, 5) is 12.0. The molecule has 2 fully saturated rings. The van der Waals surface area contributed by atoms with E-state index in [-0.39, 0.29) is 5.91 Å². The van der Waals surface area contributed by atoms with Gasteiger partial charge in [-0.1, -0.05) is 26.2 Å². The first-order chi connectivity index (χ1) is 8.68. The molecule has 1 heterocycles. The van der Waals surface area contributed by atoms with Crippen LogP contribution < -0.4 is 10.6 Å². The van der Waals surface area contributed by atoms with Crippen molar-refractivity contribution in [2.45, 2.75) is 58.3 Å². The van der Waals surface area contributed by atoms with E-state index in [2.05, 4.69) is 17.6 Å². The summed E-state index contributed by atoms with van der Waals surface area (Å²) in [5.74, 6) is 0.813. The monoisotopic (exact) mass is 252 g/mol. The Labute approximate surface area is 111 Å². The van der Waals surface area contributed by atoms with Gasteiger partial charge in [0.1, 0.15) is 0 Å². The van der Waals surface area contributed by atoms with E-state index in [0.29, 0.717) is 17.8 Å². The molecule has 0 aromatic heterocycles. The summed E-state index contributed by atoms with van der Waals surface area (Å²) in [6.07, 6.45) is 9.72. The fraction of sp³-hybridized carbons (Fsp3) is 0.933. The minimum atomic E-state index is 0.260. The van der Waals surface area contributed by atoms with Gasteiger partial charge in [-0.2, -0.15) is 0 Å². The van der Waals surface area contributed by atoms with Crippen LogP contribution in [0.2, 0.25) is 0 Å². The summed E-state index contributed by atoms with van der Waals surface area (Å²) < 4.78 is 0. The van der Waals surface area contributed by atoms with Crippen molar-refractivity contribution >= 4 is 5.91 Å². The maximum Gasteiger partial charge on any atom is 0.220 e. The molecule has 104 valence electrons. The predicted molar refractivity (Wildman–Crippen MR) is 74.4 cm³/mol. The molecule has 1 unspecified atom stereocenters. The smallest absolute Gasteiger partial charge is 0.220 e. The fourth-order valence-electron chi connectivity index (χ4n) is 3.33. The zero-order chi connectivity index (χ0) is 12.8. The second kappa shape index (κ2) is 6.55. The third kappa shape index (κ3) is 4.27. The van der Waals surface area contributed by atoms with Crippen molar-refractivity contribution in [1.29, 1.82) is 0 Å². The summed E-state index contributed by atoms with van der Waals surface area (Å²) in [5.41, 5.74) is 0.360. The van der Waals surface area contributed by atoms with Gasteiger partial charge >= 0.3 is 0 Å². The molecule has 1 atom stereocenters. The second-order valence-electron chi connectivity index (χ2n) is 6.56. The molecule has 1 saturated heterocycles. The molecule has 2 aliphatic rings. The van der Waals surface area contributed by atoms with E-state index in [1.165, 1.54) is 44.9 Å². The maximum absolute atomic E-state index is 12.0. The normalized spacial score (nSPS) is 27.7. The standard InChI is InChI=1S/C15H28N2O/c1-15(7-3-2-4-8-15)12-17-14(18)10-13-6-5-9-16-11-13/h13,16H,2-12H2,1H3,(H,17,18). The van der Waals surface area contributed by atoms with Crippen LogP contribution in [0.25, 0.3) is 0 Å². The zero-order valence-electron chi connectivity index (χ0n) is 11.8. The number of carbonyl (C=O) groups excluding carboxylic acids is 1. The Bertz CT molecular complexity index is 266. The lowest BCUT2D eigenvalue weighted by Gasteiger charge is -2.34. The molecule has 0 bridgehead atoms. The van der Waals surface area contributed by atoms with E-state index >= 15 is 0 Å². The molecule has 18 heavy (non-hydrogen) atoms. The Morgan fingerprint density at radius 2 is 2.06 bits per heavy atom. The molecular formula is C15H28N2O. The van der Waals surface area contributed by atoms with Crippen molar-refractivity contribution in [3.8, 4) is 0 Å². The Balaban J connectivity index is 1.67. The lowest BCUT2D eigenvalue weighted by Crippen LogP contribution is -2.39. The predicted octanol–water partition coefficient (Wildman–Crippen LogP) is 2.46. The third-order valence-corrected chi connectivity index (χ3v) is 4.65. The minimum Gasteiger partial charge on any atom is -0.356 e. The van der Waals surface area contributed by atoms with Crippen LogP contribution in [-0.4, -0.2) is 25.5 Å². The highest BCUT2D eigenvalue weighted by molar-refractivity contribution is 5.76. The Kier molecular flexibility index (Phi) is 5.04. The van der Waals surface area contributed by atoms with Crippen molar-refractivity contribution in [3.05, 3.63) is 0 Å². The van der Waals surface area contributed by atoms with Crippen LogP contribution in [0.3, 0.4) is 0 Å². The van der Waals surface area contributed by atoms with Crippen LogP contribution in [0.15, 0.2) is 0 Å². The SMILES string of the molecule is CC1(CNC(=O)CC2CCCNC2)CCCCC1.